The Labute approximate surface area is 133 Å². The number of ketones is 1. The molecule has 19 heavy (non-hydrogen) atoms. The van der Waals surface area contributed by atoms with E-state index in [-0.39, 0.29) is 25.9 Å². The van der Waals surface area contributed by atoms with Crippen LogP contribution < -0.4 is 0 Å². The largest absolute Gasteiger partial charge is 0.294 e. The summed E-state index contributed by atoms with van der Waals surface area (Å²) in [7, 11) is 0. The van der Waals surface area contributed by atoms with Crippen LogP contribution in [0.4, 0.5) is 0 Å². The molecule has 0 spiro atoms. The molecule has 0 radical (unpaired) electrons. The highest BCUT2D eigenvalue weighted by molar-refractivity contribution is 6.51. The number of benzene rings is 1. The first-order chi connectivity index (χ1) is 9.00. The van der Waals surface area contributed by atoms with Crippen LogP contribution in [-0.2, 0) is 0 Å². The van der Waals surface area contributed by atoms with Crippen LogP contribution in [0.1, 0.15) is 48.9 Å². The van der Waals surface area contributed by atoms with Gasteiger partial charge in [0.1, 0.15) is 0 Å². The van der Waals surface area contributed by atoms with Crippen molar-refractivity contribution in [3.8, 4) is 0 Å². The molecule has 0 saturated heterocycles. The van der Waals surface area contributed by atoms with Gasteiger partial charge in [0.2, 0.25) is 0 Å². The number of halogens is 4. The van der Waals surface area contributed by atoms with Crippen molar-refractivity contribution < 1.29 is 4.79 Å². The average molecular weight is 340 g/mol. The van der Waals surface area contributed by atoms with Crippen LogP contribution in [-0.4, -0.2) is 5.78 Å². The highest BCUT2D eigenvalue weighted by Crippen LogP contribution is 2.39. The summed E-state index contributed by atoms with van der Waals surface area (Å²) in [6.07, 6.45) is 6.34. The first-order valence-electron chi connectivity index (χ1n) is 6.37. The van der Waals surface area contributed by atoms with Crippen molar-refractivity contribution in [1.82, 2.24) is 0 Å². The molecule has 1 saturated carbocycles. The van der Waals surface area contributed by atoms with Crippen molar-refractivity contribution in [3.63, 3.8) is 0 Å². The van der Waals surface area contributed by atoms with Gasteiger partial charge < -0.3 is 0 Å². The summed E-state index contributed by atoms with van der Waals surface area (Å²) in [5.74, 6) is 0.392. The predicted molar refractivity (Wildman–Crippen MR) is 82.0 cm³/mol. The van der Waals surface area contributed by atoms with E-state index in [0.717, 1.165) is 12.8 Å². The molecule has 0 atom stereocenters. The molecule has 0 aliphatic heterocycles. The first kappa shape index (κ1) is 15.4. The normalized spacial score (nSPS) is 16.6. The summed E-state index contributed by atoms with van der Waals surface area (Å²) < 4.78 is 0. The predicted octanol–water partition coefficient (Wildman–Crippen LogP) is 6.45. The fourth-order valence-corrected chi connectivity index (χ4v) is 3.70. The Morgan fingerprint density at radius 2 is 1.63 bits per heavy atom. The average Bonchev–Trinajstić information content (AvgIpc) is 2.37. The molecule has 0 unspecified atom stereocenters. The molecule has 1 nitrogen and oxygen atoms in total. The number of rotatable bonds is 3. The first-order valence-corrected chi connectivity index (χ1v) is 7.88. The smallest absolute Gasteiger partial charge is 0.166 e. The maximum atomic E-state index is 12.3. The lowest BCUT2D eigenvalue weighted by atomic mass is 9.85. The van der Waals surface area contributed by atoms with Gasteiger partial charge in [0.25, 0.3) is 0 Å². The highest BCUT2D eigenvalue weighted by atomic mass is 35.5. The maximum absolute atomic E-state index is 12.3. The molecular weight excluding hydrogens is 326 g/mol. The summed E-state index contributed by atoms with van der Waals surface area (Å²) in [6.45, 7) is 0. The van der Waals surface area contributed by atoms with Gasteiger partial charge in [-0.3, -0.25) is 4.79 Å². The van der Waals surface area contributed by atoms with Crippen LogP contribution >= 0.6 is 46.4 Å². The Balaban J connectivity index is 2.21. The standard InChI is InChI=1S/C14H14Cl4O/c15-9-7-10(16)13(17)14(18)12(9)11(19)6-8-4-2-1-3-5-8/h7-8H,1-6H2. The summed E-state index contributed by atoms with van der Waals surface area (Å²) >= 11 is 24.0. The Morgan fingerprint density at radius 3 is 2.26 bits per heavy atom. The minimum absolute atomic E-state index is 0.0412. The quantitative estimate of drug-likeness (QED) is 0.351. The van der Waals surface area contributed by atoms with E-state index in [1.807, 2.05) is 0 Å². The van der Waals surface area contributed by atoms with E-state index in [0.29, 0.717) is 17.9 Å². The zero-order chi connectivity index (χ0) is 14.0. The number of carbonyl (C=O) groups is 1. The lowest BCUT2D eigenvalue weighted by molar-refractivity contribution is 0.0950. The van der Waals surface area contributed by atoms with Gasteiger partial charge in [-0.25, -0.2) is 0 Å². The molecule has 1 aromatic carbocycles. The lowest BCUT2D eigenvalue weighted by Gasteiger charge is -2.21. The van der Waals surface area contributed by atoms with Crippen molar-refractivity contribution in [1.29, 1.82) is 0 Å². The molecule has 0 heterocycles. The van der Waals surface area contributed by atoms with Crippen molar-refractivity contribution >= 4 is 52.2 Å². The van der Waals surface area contributed by atoms with Crippen molar-refractivity contribution in [2.75, 3.05) is 0 Å². The third kappa shape index (κ3) is 3.58. The third-order valence-electron chi connectivity index (χ3n) is 3.59. The second-order valence-electron chi connectivity index (χ2n) is 4.97. The fourth-order valence-electron chi connectivity index (χ4n) is 2.58. The molecule has 1 aliphatic carbocycles. The Kier molecular flexibility index (Phi) is 5.42. The van der Waals surface area contributed by atoms with Crippen molar-refractivity contribution in [3.05, 3.63) is 31.7 Å². The number of Topliss-reactive ketones (excluding diaryl/α,β-unsaturated/α-hetero) is 1. The van der Waals surface area contributed by atoms with E-state index >= 15 is 0 Å². The molecule has 2 rings (SSSR count). The maximum Gasteiger partial charge on any atom is 0.166 e. The molecule has 0 bridgehead atoms. The van der Waals surface area contributed by atoms with E-state index < -0.39 is 0 Å². The van der Waals surface area contributed by atoms with E-state index in [1.54, 1.807) is 0 Å². The molecule has 0 aromatic heterocycles. The van der Waals surface area contributed by atoms with Crippen LogP contribution in [0.5, 0.6) is 0 Å². The van der Waals surface area contributed by atoms with Crippen LogP contribution in [0.25, 0.3) is 0 Å². The minimum Gasteiger partial charge on any atom is -0.294 e. The third-order valence-corrected chi connectivity index (χ3v) is 5.15. The van der Waals surface area contributed by atoms with Gasteiger partial charge in [0.15, 0.2) is 5.78 Å². The van der Waals surface area contributed by atoms with Gasteiger partial charge in [0.05, 0.1) is 25.7 Å². The van der Waals surface area contributed by atoms with Crippen LogP contribution in [0, 0.1) is 5.92 Å². The Bertz CT molecular complexity index is 493. The van der Waals surface area contributed by atoms with Crippen molar-refractivity contribution in [2.45, 2.75) is 38.5 Å². The Hall–Kier alpha value is 0.0500. The molecule has 1 aliphatic rings. The van der Waals surface area contributed by atoms with Crippen LogP contribution in [0.3, 0.4) is 0 Å². The van der Waals surface area contributed by atoms with Gasteiger partial charge in [-0.05, 0) is 12.0 Å². The van der Waals surface area contributed by atoms with Gasteiger partial charge >= 0.3 is 0 Å². The number of hydrogen-bond donors (Lipinski definition) is 0. The van der Waals surface area contributed by atoms with E-state index in [1.165, 1.54) is 25.3 Å². The second kappa shape index (κ2) is 6.67. The van der Waals surface area contributed by atoms with E-state index in [4.69, 9.17) is 46.4 Å². The molecular formula is C14H14Cl4O. The minimum atomic E-state index is -0.0412. The molecule has 5 heteroatoms. The van der Waals surface area contributed by atoms with Gasteiger partial charge in [-0.2, -0.15) is 0 Å². The summed E-state index contributed by atoms with van der Waals surface area (Å²) in [5, 5.41) is 0.908. The molecule has 1 aromatic rings. The fraction of sp³-hybridized carbons (Fsp3) is 0.500. The zero-order valence-electron chi connectivity index (χ0n) is 10.3. The van der Waals surface area contributed by atoms with Crippen molar-refractivity contribution in [2.24, 2.45) is 5.92 Å². The molecule has 104 valence electrons. The van der Waals surface area contributed by atoms with Gasteiger partial charge in [-0.1, -0.05) is 78.5 Å². The van der Waals surface area contributed by atoms with E-state index in [9.17, 15) is 4.79 Å². The number of hydrogen-bond acceptors (Lipinski definition) is 1. The molecule has 0 amide bonds. The van der Waals surface area contributed by atoms with Gasteiger partial charge in [-0.15, -0.1) is 0 Å². The summed E-state index contributed by atoms with van der Waals surface area (Å²) in [6, 6.07) is 1.48. The zero-order valence-corrected chi connectivity index (χ0v) is 13.3. The van der Waals surface area contributed by atoms with Gasteiger partial charge in [0, 0.05) is 6.42 Å². The van der Waals surface area contributed by atoms with Crippen LogP contribution in [0.15, 0.2) is 6.07 Å². The Morgan fingerprint density at radius 1 is 1.00 bits per heavy atom. The lowest BCUT2D eigenvalue weighted by Crippen LogP contribution is -2.13. The highest BCUT2D eigenvalue weighted by Gasteiger charge is 2.23. The summed E-state index contributed by atoms with van der Waals surface area (Å²) in [5.41, 5.74) is 0.309. The summed E-state index contributed by atoms with van der Waals surface area (Å²) in [4.78, 5) is 12.3. The second-order valence-corrected chi connectivity index (χ2v) is 6.54. The molecule has 0 N–H and O–H groups in total. The number of carbonyl (C=O) groups excluding carboxylic acids is 1. The van der Waals surface area contributed by atoms with E-state index in [2.05, 4.69) is 0 Å². The topological polar surface area (TPSA) is 17.1 Å². The monoisotopic (exact) mass is 338 g/mol. The van der Waals surface area contributed by atoms with Crippen LogP contribution in [0.2, 0.25) is 20.1 Å². The molecule has 1 fully saturated rings. The SMILES string of the molecule is O=C(CC1CCCCC1)c1c(Cl)cc(Cl)c(Cl)c1Cl.